The van der Waals surface area contributed by atoms with Crippen molar-refractivity contribution in [2.75, 3.05) is 13.6 Å². The molecule has 0 aliphatic heterocycles. The van der Waals surface area contributed by atoms with Gasteiger partial charge in [0.1, 0.15) is 0 Å². The highest BCUT2D eigenvalue weighted by molar-refractivity contribution is 9.10. The predicted molar refractivity (Wildman–Crippen MR) is 72.0 cm³/mol. The van der Waals surface area contributed by atoms with Crippen molar-refractivity contribution in [2.24, 2.45) is 0 Å². The molecule has 0 aromatic carbocycles. The van der Waals surface area contributed by atoms with Crippen LogP contribution in [0.25, 0.3) is 0 Å². The largest absolute Gasteiger partial charge is 0.299 e. The van der Waals surface area contributed by atoms with Crippen LogP contribution < -0.4 is 0 Å². The van der Waals surface area contributed by atoms with Crippen LogP contribution in [0.15, 0.2) is 4.47 Å². The van der Waals surface area contributed by atoms with E-state index in [9.17, 15) is 0 Å². The van der Waals surface area contributed by atoms with Gasteiger partial charge >= 0.3 is 0 Å². The molecule has 0 radical (unpaired) electrons. The highest BCUT2D eigenvalue weighted by Gasteiger charge is 2.14. The van der Waals surface area contributed by atoms with Gasteiger partial charge in [0.25, 0.3) is 0 Å². The number of aryl methyl sites for hydroxylation is 2. The van der Waals surface area contributed by atoms with Gasteiger partial charge in [-0.1, -0.05) is 0 Å². The second-order valence-corrected chi connectivity index (χ2v) is 5.68. The molecule has 92 valence electrons. The molecule has 0 N–H and O–H groups in total. The standard InChI is InChI=1S/C11H19BrClN3/c1-5-16-10(11(12)9(3)14-16)7-15(4)6-8(2)13/h8H,5-7H2,1-4H3. The fourth-order valence-electron chi connectivity index (χ4n) is 1.77. The molecule has 1 atom stereocenters. The molecule has 1 rings (SSSR count). The van der Waals surface area contributed by atoms with Crippen LogP contribution in [0.2, 0.25) is 0 Å². The van der Waals surface area contributed by atoms with Crippen LogP contribution >= 0.6 is 27.5 Å². The van der Waals surface area contributed by atoms with Crippen molar-refractivity contribution in [3.05, 3.63) is 15.9 Å². The van der Waals surface area contributed by atoms with Gasteiger partial charge < -0.3 is 0 Å². The molecule has 1 heterocycles. The van der Waals surface area contributed by atoms with E-state index >= 15 is 0 Å². The molecule has 0 fully saturated rings. The number of hydrogen-bond acceptors (Lipinski definition) is 2. The second-order valence-electron chi connectivity index (χ2n) is 4.14. The van der Waals surface area contributed by atoms with E-state index in [2.05, 4.69) is 39.9 Å². The van der Waals surface area contributed by atoms with Gasteiger partial charge in [-0.25, -0.2) is 0 Å². The summed E-state index contributed by atoms with van der Waals surface area (Å²) in [6, 6.07) is 0. The van der Waals surface area contributed by atoms with E-state index in [-0.39, 0.29) is 5.38 Å². The Balaban J connectivity index is 2.79. The van der Waals surface area contributed by atoms with E-state index < -0.39 is 0 Å². The van der Waals surface area contributed by atoms with E-state index in [0.29, 0.717) is 0 Å². The van der Waals surface area contributed by atoms with Crippen molar-refractivity contribution in [3.63, 3.8) is 0 Å². The molecule has 1 aromatic heterocycles. The zero-order valence-corrected chi connectivity index (χ0v) is 12.6. The molecule has 0 aliphatic rings. The van der Waals surface area contributed by atoms with E-state index in [0.717, 1.165) is 29.8 Å². The maximum atomic E-state index is 5.98. The highest BCUT2D eigenvalue weighted by Crippen LogP contribution is 2.22. The Morgan fingerprint density at radius 2 is 2.19 bits per heavy atom. The molecule has 0 saturated carbocycles. The molecule has 5 heteroatoms. The third kappa shape index (κ3) is 3.47. The Hall–Kier alpha value is -0.0600. The molecule has 1 aromatic rings. The van der Waals surface area contributed by atoms with Crippen LogP contribution in [0.3, 0.4) is 0 Å². The van der Waals surface area contributed by atoms with Gasteiger partial charge in [0.15, 0.2) is 0 Å². The van der Waals surface area contributed by atoms with Crippen LogP contribution in [-0.4, -0.2) is 33.6 Å². The zero-order valence-electron chi connectivity index (χ0n) is 10.3. The van der Waals surface area contributed by atoms with Crippen LogP contribution in [0, 0.1) is 6.92 Å². The van der Waals surface area contributed by atoms with Crippen molar-refractivity contribution in [2.45, 2.75) is 39.2 Å². The number of halogens is 2. The van der Waals surface area contributed by atoms with E-state index in [1.54, 1.807) is 0 Å². The fraction of sp³-hybridized carbons (Fsp3) is 0.727. The first kappa shape index (κ1) is 14.0. The van der Waals surface area contributed by atoms with Crippen molar-refractivity contribution < 1.29 is 0 Å². The SMILES string of the molecule is CCn1nc(C)c(Br)c1CN(C)CC(C)Cl. The minimum atomic E-state index is 0.169. The normalized spacial score (nSPS) is 13.4. The Morgan fingerprint density at radius 1 is 1.56 bits per heavy atom. The average molecular weight is 309 g/mol. The van der Waals surface area contributed by atoms with Crippen molar-refractivity contribution >= 4 is 27.5 Å². The lowest BCUT2D eigenvalue weighted by molar-refractivity contribution is 0.317. The smallest absolute Gasteiger partial charge is 0.0739 e. The van der Waals surface area contributed by atoms with Gasteiger partial charge in [0.2, 0.25) is 0 Å². The Bertz CT molecular complexity index is 349. The summed E-state index contributed by atoms with van der Waals surface area (Å²) in [5.74, 6) is 0. The topological polar surface area (TPSA) is 21.1 Å². The quantitative estimate of drug-likeness (QED) is 0.780. The van der Waals surface area contributed by atoms with Crippen LogP contribution in [0.5, 0.6) is 0 Å². The molecule has 0 bridgehead atoms. The maximum absolute atomic E-state index is 5.98. The lowest BCUT2D eigenvalue weighted by Crippen LogP contribution is -2.25. The number of nitrogens with zero attached hydrogens (tertiary/aromatic N) is 3. The van der Waals surface area contributed by atoms with Crippen LogP contribution in [-0.2, 0) is 13.1 Å². The van der Waals surface area contributed by atoms with E-state index in [1.807, 2.05) is 18.5 Å². The monoisotopic (exact) mass is 307 g/mol. The van der Waals surface area contributed by atoms with Crippen molar-refractivity contribution in [1.82, 2.24) is 14.7 Å². The van der Waals surface area contributed by atoms with Crippen molar-refractivity contribution in [1.29, 1.82) is 0 Å². The van der Waals surface area contributed by atoms with E-state index in [4.69, 9.17) is 11.6 Å². The minimum Gasteiger partial charge on any atom is -0.299 e. The van der Waals surface area contributed by atoms with Gasteiger partial charge in [-0.05, 0) is 43.7 Å². The van der Waals surface area contributed by atoms with Gasteiger partial charge in [-0.3, -0.25) is 9.58 Å². The summed E-state index contributed by atoms with van der Waals surface area (Å²) in [7, 11) is 2.08. The number of alkyl halides is 1. The first-order chi connectivity index (χ1) is 7.45. The molecule has 0 aliphatic carbocycles. The Labute approximate surface area is 111 Å². The van der Waals surface area contributed by atoms with Gasteiger partial charge in [0, 0.05) is 25.0 Å². The molecule has 0 saturated heterocycles. The number of aromatic nitrogens is 2. The summed E-state index contributed by atoms with van der Waals surface area (Å²) < 4.78 is 3.15. The Kier molecular flexibility index (Phi) is 5.28. The van der Waals surface area contributed by atoms with Gasteiger partial charge in [-0.2, -0.15) is 5.10 Å². The first-order valence-electron chi connectivity index (χ1n) is 5.50. The van der Waals surface area contributed by atoms with Crippen LogP contribution in [0.1, 0.15) is 25.2 Å². The summed E-state index contributed by atoms with van der Waals surface area (Å²) >= 11 is 9.58. The van der Waals surface area contributed by atoms with Crippen LogP contribution in [0.4, 0.5) is 0 Å². The third-order valence-electron chi connectivity index (χ3n) is 2.44. The molecule has 16 heavy (non-hydrogen) atoms. The molecule has 0 amide bonds. The molecular formula is C11H19BrClN3. The highest BCUT2D eigenvalue weighted by atomic mass is 79.9. The van der Waals surface area contributed by atoms with Gasteiger partial charge in [0.05, 0.1) is 15.9 Å². The third-order valence-corrected chi connectivity index (χ3v) is 3.61. The average Bonchev–Trinajstić information content (AvgIpc) is 2.44. The van der Waals surface area contributed by atoms with E-state index in [1.165, 1.54) is 5.69 Å². The first-order valence-corrected chi connectivity index (χ1v) is 6.73. The van der Waals surface area contributed by atoms with Crippen molar-refractivity contribution in [3.8, 4) is 0 Å². The molecular weight excluding hydrogens is 289 g/mol. The van der Waals surface area contributed by atoms with Gasteiger partial charge in [-0.15, -0.1) is 11.6 Å². The summed E-state index contributed by atoms with van der Waals surface area (Å²) in [6.45, 7) is 8.77. The zero-order chi connectivity index (χ0) is 12.3. The lowest BCUT2D eigenvalue weighted by Gasteiger charge is -2.18. The predicted octanol–water partition coefficient (Wildman–Crippen LogP) is 3.03. The number of hydrogen-bond donors (Lipinski definition) is 0. The summed E-state index contributed by atoms with van der Waals surface area (Å²) in [5, 5.41) is 4.64. The molecule has 0 spiro atoms. The molecule has 1 unspecified atom stereocenters. The summed E-state index contributed by atoms with van der Waals surface area (Å²) in [5.41, 5.74) is 2.27. The molecule has 3 nitrogen and oxygen atoms in total. The Morgan fingerprint density at radius 3 is 2.69 bits per heavy atom. The number of rotatable bonds is 5. The summed E-state index contributed by atoms with van der Waals surface area (Å²) in [6.07, 6.45) is 0. The fourth-order valence-corrected chi connectivity index (χ4v) is 2.41. The minimum absolute atomic E-state index is 0.169. The lowest BCUT2D eigenvalue weighted by atomic mass is 10.3. The summed E-state index contributed by atoms with van der Waals surface area (Å²) in [4.78, 5) is 2.21. The maximum Gasteiger partial charge on any atom is 0.0739 e. The second kappa shape index (κ2) is 6.03.